The molecule has 0 amide bonds. The van der Waals surface area contributed by atoms with Gasteiger partial charge in [-0.15, -0.1) is 0 Å². The summed E-state index contributed by atoms with van der Waals surface area (Å²) in [6.45, 7) is 5.98. The van der Waals surface area contributed by atoms with E-state index in [4.69, 9.17) is 16.2 Å². The highest BCUT2D eigenvalue weighted by molar-refractivity contribution is 4.70. The van der Waals surface area contributed by atoms with Gasteiger partial charge < -0.3 is 16.2 Å². The number of hydrogen-bond donors (Lipinski definition) is 2. The van der Waals surface area contributed by atoms with Crippen molar-refractivity contribution in [2.75, 3.05) is 13.2 Å². The molecule has 3 heteroatoms. The van der Waals surface area contributed by atoms with Crippen molar-refractivity contribution >= 4 is 0 Å². The van der Waals surface area contributed by atoms with Crippen LogP contribution in [0, 0.1) is 0 Å². The van der Waals surface area contributed by atoms with E-state index in [1.807, 2.05) is 6.92 Å². The Kier molecular flexibility index (Phi) is 17.1. The van der Waals surface area contributed by atoms with Gasteiger partial charge in [0, 0.05) is 25.3 Å². The van der Waals surface area contributed by atoms with Crippen molar-refractivity contribution in [3.05, 3.63) is 0 Å². The lowest BCUT2D eigenvalue weighted by Crippen LogP contribution is -2.38. The first kappa shape index (κ1) is 21.9. The predicted octanol–water partition coefficient (Wildman–Crippen LogP) is 4.77. The summed E-state index contributed by atoms with van der Waals surface area (Å²) < 4.78 is 5.65. The zero-order valence-corrected chi connectivity index (χ0v) is 15.3. The van der Waals surface area contributed by atoms with Gasteiger partial charge in [-0.3, -0.25) is 0 Å². The van der Waals surface area contributed by atoms with Crippen LogP contribution in [0.15, 0.2) is 0 Å². The molecule has 2 unspecified atom stereocenters. The smallest absolute Gasteiger partial charge is 0.0466 e. The Labute approximate surface area is 139 Å². The maximum absolute atomic E-state index is 5.89. The maximum atomic E-state index is 5.89. The minimum absolute atomic E-state index is 0.0895. The molecule has 134 valence electrons. The summed E-state index contributed by atoms with van der Waals surface area (Å²) in [6, 6.07) is 0.206. The highest BCUT2D eigenvalue weighted by Crippen LogP contribution is 2.11. The fraction of sp³-hybridized carbons (Fsp3) is 1.00. The quantitative estimate of drug-likeness (QED) is 0.380. The first-order valence-corrected chi connectivity index (χ1v) is 9.77. The van der Waals surface area contributed by atoms with Crippen LogP contribution in [0.2, 0.25) is 0 Å². The Balaban J connectivity index is 3.03. The van der Waals surface area contributed by atoms with Crippen LogP contribution >= 0.6 is 0 Å². The Morgan fingerprint density at radius 3 is 1.64 bits per heavy atom. The number of hydrogen-bond acceptors (Lipinski definition) is 3. The van der Waals surface area contributed by atoms with Crippen molar-refractivity contribution in [2.24, 2.45) is 11.5 Å². The van der Waals surface area contributed by atoms with Crippen molar-refractivity contribution in [2.45, 2.75) is 109 Å². The van der Waals surface area contributed by atoms with Gasteiger partial charge in [0.2, 0.25) is 0 Å². The second-order valence-electron chi connectivity index (χ2n) is 6.81. The summed E-state index contributed by atoms with van der Waals surface area (Å²) in [5.74, 6) is 0. The summed E-state index contributed by atoms with van der Waals surface area (Å²) in [4.78, 5) is 0. The van der Waals surface area contributed by atoms with Crippen LogP contribution in [0.25, 0.3) is 0 Å². The summed E-state index contributed by atoms with van der Waals surface area (Å²) in [6.07, 6.45) is 17.2. The zero-order chi connectivity index (χ0) is 16.5. The van der Waals surface area contributed by atoms with Crippen LogP contribution in [0.4, 0.5) is 0 Å². The second-order valence-corrected chi connectivity index (χ2v) is 6.81. The summed E-state index contributed by atoms with van der Waals surface area (Å²) in [5, 5.41) is 0. The molecule has 0 aromatic carbocycles. The lowest BCUT2D eigenvalue weighted by molar-refractivity contribution is 0.124. The number of nitrogens with two attached hydrogens (primary N) is 2. The fourth-order valence-electron chi connectivity index (χ4n) is 2.65. The molecular weight excluding hydrogens is 272 g/mol. The average Bonchev–Trinajstić information content (AvgIpc) is 2.50. The van der Waals surface area contributed by atoms with Gasteiger partial charge in [0.15, 0.2) is 0 Å². The maximum Gasteiger partial charge on any atom is 0.0466 e. The third kappa shape index (κ3) is 16.3. The molecule has 0 rings (SSSR count). The molecule has 2 atom stereocenters. The Hall–Kier alpha value is -0.120. The summed E-state index contributed by atoms with van der Waals surface area (Å²) in [5.41, 5.74) is 11.6. The Morgan fingerprint density at radius 2 is 1.14 bits per heavy atom. The van der Waals surface area contributed by atoms with E-state index in [1.165, 1.54) is 70.6 Å². The van der Waals surface area contributed by atoms with E-state index in [9.17, 15) is 0 Å². The summed E-state index contributed by atoms with van der Waals surface area (Å²) >= 11 is 0. The summed E-state index contributed by atoms with van der Waals surface area (Å²) in [7, 11) is 0. The molecule has 0 aromatic rings. The monoisotopic (exact) mass is 314 g/mol. The lowest BCUT2D eigenvalue weighted by Gasteiger charge is -2.14. The molecule has 3 nitrogen and oxygen atoms in total. The van der Waals surface area contributed by atoms with Crippen molar-refractivity contribution < 1.29 is 4.74 Å². The van der Waals surface area contributed by atoms with Crippen molar-refractivity contribution in [1.82, 2.24) is 0 Å². The van der Waals surface area contributed by atoms with Crippen LogP contribution < -0.4 is 11.5 Å². The van der Waals surface area contributed by atoms with Gasteiger partial charge in [0.25, 0.3) is 0 Å². The van der Waals surface area contributed by atoms with E-state index in [0.717, 1.165) is 26.1 Å². The molecule has 0 aliphatic carbocycles. The zero-order valence-electron chi connectivity index (χ0n) is 15.3. The molecule has 0 aliphatic heterocycles. The fourth-order valence-corrected chi connectivity index (χ4v) is 2.65. The number of rotatable bonds is 17. The number of ether oxygens (including phenoxy) is 1. The average molecular weight is 315 g/mol. The molecule has 22 heavy (non-hydrogen) atoms. The van der Waals surface area contributed by atoms with Gasteiger partial charge in [-0.1, -0.05) is 71.1 Å². The van der Waals surface area contributed by atoms with E-state index in [0.29, 0.717) is 0 Å². The Morgan fingerprint density at radius 1 is 0.682 bits per heavy atom. The molecule has 0 spiro atoms. The van der Waals surface area contributed by atoms with Gasteiger partial charge in [0.1, 0.15) is 0 Å². The van der Waals surface area contributed by atoms with E-state index in [2.05, 4.69) is 6.92 Å². The first-order valence-electron chi connectivity index (χ1n) is 9.77. The topological polar surface area (TPSA) is 61.3 Å². The highest BCUT2D eigenvalue weighted by atomic mass is 16.5. The molecule has 0 bridgehead atoms. The van der Waals surface area contributed by atoms with Crippen molar-refractivity contribution in [3.63, 3.8) is 0 Å². The van der Waals surface area contributed by atoms with Gasteiger partial charge in [-0.05, 0) is 26.2 Å². The van der Waals surface area contributed by atoms with Gasteiger partial charge in [0.05, 0.1) is 0 Å². The molecule has 0 aliphatic rings. The molecule has 0 aromatic heterocycles. The molecular formula is C19H42N2O. The minimum atomic E-state index is 0.0895. The molecule has 0 heterocycles. The van der Waals surface area contributed by atoms with E-state index in [1.54, 1.807) is 0 Å². The number of unbranched alkanes of at least 4 members (excludes halogenated alkanes) is 10. The molecule has 0 radical (unpaired) electrons. The SMILES string of the molecule is CCCCCCCCCCCCCOCCCC(N)C(C)N. The van der Waals surface area contributed by atoms with Crippen molar-refractivity contribution in [1.29, 1.82) is 0 Å². The van der Waals surface area contributed by atoms with Crippen molar-refractivity contribution in [3.8, 4) is 0 Å². The van der Waals surface area contributed by atoms with Crippen LogP contribution in [0.5, 0.6) is 0 Å². The first-order chi connectivity index (χ1) is 10.7. The second kappa shape index (κ2) is 17.2. The molecule has 0 saturated heterocycles. The highest BCUT2D eigenvalue weighted by Gasteiger charge is 2.06. The van der Waals surface area contributed by atoms with Crippen LogP contribution in [-0.4, -0.2) is 25.3 Å². The largest absolute Gasteiger partial charge is 0.381 e. The van der Waals surface area contributed by atoms with E-state index >= 15 is 0 Å². The van der Waals surface area contributed by atoms with Crippen LogP contribution in [0.3, 0.4) is 0 Å². The molecule has 4 N–H and O–H groups in total. The third-order valence-electron chi connectivity index (χ3n) is 4.39. The lowest BCUT2D eigenvalue weighted by atomic mass is 10.1. The van der Waals surface area contributed by atoms with Gasteiger partial charge in [-0.25, -0.2) is 0 Å². The van der Waals surface area contributed by atoms with Gasteiger partial charge in [-0.2, -0.15) is 0 Å². The standard InChI is InChI=1S/C19H42N2O/c1-3-4-5-6-7-8-9-10-11-12-13-16-22-17-14-15-19(21)18(2)20/h18-19H,3-17,20-21H2,1-2H3. The van der Waals surface area contributed by atoms with Gasteiger partial charge >= 0.3 is 0 Å². The molecule has 0 saturated carbocycles. The minimum Gasteiger partial charge on any atom is -0.381 e. The van der Waals surface area contributed by atoms with Crippen LogP contribution in [0.1, 0.15) is 97.3 Å². The molecule has 0 fully saturated rings. The normalized spacial score (nSPS) is 14.2. The predicted molar refractivity (Wildman–Crippen MR) is 98.1 cm³/mol. The van der Waals surface area contributed by atoms with Crippen LogP contribution in [-0.2, 0) is 4.74 Å². The van der Waals surface area contributed by atoms with E-state index in [-0.39, 0.29) is 12.1 Å². The van der Waals surface area contributed by atoms with E-state index < -0.39 is 0 Å². The third-order valence-corrected chi connectivity index (χ3v) is 4.39. The Bertz CT molecular complexity index is 210.